The quantitative estimate of drug-likeness (QED) is 0.325. The van der Waals surface area contributed by atoms with Gasteiger partial charge in [0.15, 0.2) is 11.5 Å². The van der Waals surface area contributed by atoms with Crippen molar-refractivity contribution in [3.63, 3.8) is 0 Å². The van der Waals surface area contributed by atoms with E-state index in [1.807, 2.05) is 38.3 Å². The molecule has 0 bridgehead atoms. The molecule has 3 rings (SSSR count). The lowest BCUT2D eigenvalue weighted by molar-refractivity contribution is 0.224. The number of anilines is 1. The summed E-state index contributed by atoms with van der Waals surface area (Å²) in [6, 6.07) is 7.76. The first-order chi connectivity index (χ1) is 13.5. The second-order valence-electron chi connectivity index (χ2n) is 6.20. The number of rotatable bonds is 8. The molecule has 0 aliphatic rings. The van der Waals surface area contributed by atoms with Crippen LogP contribution in [0.5, 0.6) is 11.5 Å². The molecular weight excluding hydrogens is 414 g/mol. The minimum atomic E-state index is 0.00331. The smallest absolute Gasteiger partial charge is 0.204 e. The number of nitrogens with one attached hydrogen (secondary N) is 1. The van der Waals surface area contributed by atoms with Gasteiger partial charge in [-0.3, -0.25) is 5.43 Å². The van der Waals surface area contributed by atoms with E-state index in [2.05, 4.69) is 28.5 Å². The number of benzene rings is 1. The monoisotopic (exact) mass is 435 g/mol. The van der Waals surface area contributed by atoms with Crippen LogP contribution in [0.3, 0.4) is 0 Å². The largest absolute Gasteiger partial charge is 0.490 e. The third-order valence-corrected chi connectivity index (χ3v) is 5.64. The van der Waals surface area contributed by atoms with Gasteiger partial charge in [0.2, 0.25) is 5.13 Å². The molecule has 2 aromatic heterocycles. The number of halogens is 1. The lowest BCUT2D eigenvalue weighted by Crippen LogP contribution is -2.08. The zero-order chi connectivity index (χ0) is 20.1. The van der Waals surface area contributed by atoms with Crippen molar-refractivity contribution in [1.82, 2.24) is 4.98 Å². The van der Waals surface area contributed by atoms with Gasteiger partial charge in [0.25, 0.3) is 0 Å². The highest BCUT2D eigenvalue weighted by molar-refractivity contribution is 7.17. The predicted octanol–water partition coefficient (Wildman–Crippen LogP) is 6.47. The van der Waals surface area contributed by atoms with Gasteiger partial charge in [-0.05, 0) is 56.8 Å². The van der Waals surface area contributed by atoms with E-state index in [9.17, 15) is 0 Å². The number of nitrogens with zero attached hydrogens (tertiary/aromatic N) is 2. The minimum Gasteiger partial charge on any atom is -0.490 e. The van der Waals surface area contributed by atoms with E-state index in [1.54, 1.807) is 35.0 Å². The van der Waals surface area contributed by atoms with Crippen molar-refractivity contribution in [2.75, 3.05) is 12.0 Å². The number of hydrogen-bond acceptors (Lipinski definition) is 7. The Kier molecular flexibility index (Phi) is 6.93. The first-order valence-corrected chi connectivity index (χ1v) is 11.0. The Morgan fingerprint density at radius 3 is 2.86 bits per heavy atom. The van der Waals surface area contributed by atoms with Crippen LogP contribution in [0.4, 0.5) is 5.13 Å². The number of hydrogen-bond donors (Lipinski definition) is 1. The highest BCUT2D eigenvalue weighted by Gasteiger charge is 2.14. The predicted molar refractivity (Wildman–Crippen MR) is 120 cm³/mol. The Labute approximate surface area is 178 Å². The number of ether oxygens (including phenoxy) is 2. The molecule has 0 saturated heterocycles. The molecule has 0 aliphatic carbocycles. The van der Waals surface area contributed by atoms with Crippen LogP contribution >= 0.6 is 34.3 Å². The average Bonchev–Trinajstić information content (AvgIpc) is 3.27. The molecule has 0 fully saturated rings. The summed E-state index contributed by atoms with van der Waals surface area (Å²) in [4.78, 5) is 6.93. The van der Waals surface area contributed by atoms with Gasteiger partial charge in [0.1, 0.15) is 0 Å². The molecule has 0 amide bonds. The van der Waals surface area contributed by atoms with Gasteiger partial charge in [0, 0.05) is 4.88 Å². The molecule has 0 spiro atoms. The van der Waals surface area contributed by atoms with Gasteiger partial charge in [-0.25, -0.2) is 4.98 Å². The zero-order valence-electron chi connectivity index (χ0n) is 16.2. The van der Waals surface area contributed by atoms with E-state index in [0.29, 0.717) is 23.1 Å². The molecule has 0 atom stereocenters. The maximum atomic E-state index is 6.40. The molecule has 148 valence electrons. The molecule has 5 nitrogen and oxygen atoms in total. The first kappa shape index (κ1) is 20.6. The van der Waals surface area contributed by atoms with Crippen molar-refractivity contribution in [3.8, 4) is 22.1 Å². The molecule has 8 heteroatoms. The third kappa shape index (κ3) is 5.04. The molecule has 2 heterocycles. The molecule has 0 saturated carbocycles. The Hall–Kier alpha value is -2.09. The van der Waals surface area contributed by atoms with Crippen molar-refractivity contribution in [2.24, 2.45) is 5.10 Å². The summed E-state index contributed by atoms with van der Waals surface area (Å²) in [6.07, 6.45) is 1.69. The molecule has 0 unspecified atom stereocenters. The van der Waals surface area contributed by atoms with E-state index in [0.717, 1.165) is 26.1 Å². The van der Waals surface area contributed by atoms with Crippen LogP contribution in [0.15, 0.2) is 34.7 Å². The Morgan fingerprint density at radius 1 is 1.36 bits per heavy atom. The summed E-state index contributed by atoms with van der Waals surface area (Å²) < 4.78 is 11.5. The van der Waals surface area contributed by atoms with Crippen LogP contribution in [0.2, 0.25) is 5.02 Å². The van der Waals surface area contributed by atoms with Crippen LogP contribution in [0.25, 0.3) is 10.6 Å². The Balaban J connectivity index is 1.76. The Morgan fingerprint density at radius 2 is 2.18 bits per heavy atom. The summed E-state index contributed by atoms with van der Waals surface area (Å²) in [5, 5.41) is 7.58. The van der Waals surface area contributed by atoms with Gasteiger partial charge in [0.05, 0.1) is 34.5 Å². The molecule has 1 aromatic carbocycles. The number of thiazole rings is 1. The van der Waals surface area contributed by atoms with Crippen LogP contribution in [-0.4, -0.2) is 23.9 Å². The standard InChI is InChI=1S/C20H22ClN3O2S2/c1-5-25-16-10-14(9-15(21)19(16)26-12(2)3)11-22-24-20-23-18(13(4)28-20)17-7-6-8-27-17/h6-12H,5H2,1-4H3,(H,23,24)/b22-11-. The zero-order valence-corrected chi connectivity index (χ0v) is 18.5. The number of aryl methyl sites for hydroxylation is 1. The van der Waals surface area contributed by atoms with Gasteiger partial charge in [-0.15, -0.1) is 22.7 Å². The maximum absolute atomic E-state index is 6.40. The number of aromatic nitrogens is 1. The summed E-state index contributed by atoms with van der Waals surface area (Å²) >= 11 is 9.64. The second-order valence-corrected chi connectivity index (χ2v) is 8.76. The second kappa shape index (κ2) is 9.41. The molecule has 28 heavy (non-hydrogen) atoms. The third-order valence-electron chi connectivity index (χ3n) is 3.61. The molecule has 1 N–H and O–H groups in total. The normalized spacial score (nSPS) is 11.4. The van der Waals surface area contributed by atoms with Crippen LogP contribution in [0, 0.1) is 6.92 Å². The van der Waals surface area contributed by atoms with Crippen LogP contribution in [-0.2, 0) is 0 Å². The Bertz CT molecular complexity index is 953. The van der Waals surface area contributed by atoms with Gasteiger partial charge in [-0.1, -0.05) is 17.7 Å². The van der Waals surface area contributed by atoms with E-state index in [4.69, 9.17) is 21.1 Å². The first-order valence-electron chi connectivity index (χ1n) is 8.91. The molecule has 3 aromatic rings. The average molecular weight is 436 g/mol. The SMILES string of the molecule is CCOc1cc(/C=N\Nc2nc(-c3cccs3)c(C)s2)cc(Cl)c1OC(C)C. The topological polar surface area (TPSA) is 55.7 Å². The fourth-order valence-electron chi connectivity index (χ4n) is 2.52. The highest BCUT2D eigenvalue weighted by atomic mass is 35.5. The number of hydrazone groups is 1. The lowest BCUT2D eigenvalue weighted by Gasteiger charge is -2.16. The van der Waals surface area contributed by atoms with E-state index in [-0.39, 0.29) is 6.10 Å². The summed E-state index contributed by atoms with van der Waals surface area (Å²) in [5.41, 5.74) is 4.80. The van der Waals surface area contributed by atoms with Gasteiger partial charge < -0.3 is 9.47 Å². The minimum absolute atomic E-state index is 0.00331. The van der Waals surface area contributed by atoms with Crippen molar-refractivity contribution in [1.29, 1.82) is 0 Å². The number of thiophene rings is 1. The van der Waals surface area contributed by atoms with Crippen molar-refractivity contribution in [3.05, 3.63) is 45.1 Å². The summed E-state index contributed by atoms with van der Waals surface area (Å²) in [7, 11) is 0. The van der Waals surface area contributed by atoms with E-state index in [1.165, 1.54) is 0 Å². The van der Waals surface area contributed by atoms with E-state index < -0.39 is 0 Å². The van der Waals surface area contributed by atoms with Crippen LogP contribution in [0.1, 0.15) is 31.2 Å². The van der Waals surface area contributed by atoms with Crippen LogP contribution < -0.4 is 14.9 Å². The van der Waals surface area contributed by atoms with Gasteiger partial charge in [-0.2, -0.15) is 5.10 Å². The molecule has 0 radical (unpaired) electrons. The maximum Gasteiger partial charge on any atom is 0.204 e. The van der Waals surface area contributed by atoms with Gasteiger partial charge >= 0.3 is 0 Å². The van der Waals surface area contributed by atoms with E-state index >= 15 is 0 Å². The highest BCUT2D eigenvalue weighted by Crippen LogP contribution is 2.37. The lowest BCUT2D eigenvalue weighted by atomic mass is 10.2. The van der Waals surface area contributed by atoms with Crippen molar-refractivity contribution < 1.29 is 9.47 Å². The fourth-order valence-corrected chi connectivity index (χ4v) is 4.40. The summed E-state index contributed by atoms with van der Waals surface area (Å²) in [5.74, 6) is 1.16. The fraction of sp³-hybridized carbons (Fsp3) is 0.300. The molecule has 0 aliphatic heterocycles. The van der Waals surface area contributed by atoms with Crippen molar-refractivity contribution >= 4 is 45.6 Å². The summed E-state index contributed by atoms with van der Waals surface area (Å²) in [6.45, 7) is 8.40. The van der Waals surface area contributed by atoms with Crippen molar-refractivity contribution in [2.45, 2.75) is 33.8 Å². The molecular formula is C20H22ClN3O2S2.